The molecule has 0 fully saturated rings. The zero-order valence-corrected chi connectivity index (χ0v) is 19.6. The summed E-state index contributed by atoms with van der Waals surface area (Å²) in [6.07, 6.45) is 5.29. The third kappa shape index (κ3) is 4.81. The Morgan fingerprint density at radius 1 is 0.538 bits per heavy atom. The van der Waals surface area contributed by atoms with E-state index >= 15 is 0 Å². The third-order valence-electron chi connectivity index (χ3n) is 4.94. The van der Waals surface area contributed by atoms with Crippen LogP contribution in [0.3, 0.4) is 0 Å². The summed E-state index contributed by atoms with van der Waals surface area (Å²) in [5.41, 5.74) is 0. The van der Waals surface area contributed by atoms with Crippen LogP contribution in [-0.2, 0) is 0 Å². The Morgan fingerprint density at radius 2 is 0.923 bits per heavy atom. The quantitative estimate of drug-likeness (QED) is 0.242. The van der Waals surface area contributed by atoms with Gasteiger partial charge in [-0.25, -0.2) is 0 Å². The van der Waals surface area contributed by atoms with Crippen molar-refractivity contribution in [1.29, 1.82) is 0 Å². The molecule has 0 aliphatic rings. The van der Waals surface area contributed by atoms with Crippen LogP contribution < -0.4 is 37.0 Å². The molecule has 0 bridgehead atoms. The maximum absolute atomic E-state index is 2.43. The first kappa shape index (κ1) is 21.3. The Labute approximate surface area is 178 Å². The van der Waals surface area contributed by atoms with Crippen molar-refractivity contribution in [2.24, 2.45) is 0 Å². The molecule has 0 nitrogen and oxygen atoms in total. The Bertz CT molecular complexity index is 644. The number of hydrogen-bond donors (Lipinski definition) is 0. The fourth-order valence-corrected chi connectivity index (χ4v) is 12.9. The average molecular weight is 518 g/mol. The van der Waals surface area contributed by atoms with Gasteiger partial charge in [0.1, 0.15) is 0 Å². The van der Waals surface area contributed by atoms with E-state index in [4.69, 9.17) is 0 Å². The number of unbranched alkanes of at least 4 members (excludes halogenated alkanes) is 3. The summed E-state index contributed by atoms with van der Waals surface area (Å²) in [4.78, 5) is 0. The largest absolute Gasteiger partial charge is 1.00 e. The van der Waals surface area contributed by atoms with Crippen molar-refractivity contribution >= 4 is 26.6 Å². The van der Waals surface area contributed by atoms with Crippen LogP contribution in [0.4, 0.5) is 0 Å². The van der Waals surface area contributed by atoms with Crippen LogP contribution in [0.15, 0.2) is 91.0 Å². The van der Waals surface area contributed by atoms with Crippen LogP contribution in [0.2, 0.25) is 5.21 Å². The van der Waals surface area contributed by atoms with E-state index in [9.17, 15) is 0 Å². The molecule has 3 aromatic carbocycles. The smallest absolute Gasteiger partial charge is 1.00 e. The maximum atomic E-state index is 2.37. The van der Waals surface area contributed by atoms with Crippen molar-refractivity contribution < 1.29 is 24.0 Å². The van der Waals surface area contributed by atoms with Crippen molar-refractivity contribution in [2.45, 2.75) is 37.8 Å². The molecule has 0 atom stereocenters. The minimum atomic E-state index is -2.43. The predicted octanol–water partition coefficient (Wildman–Crippen LogP) is 1.74. The minimum absolute atomic E-state index is 0. The molecule has 0 heterocycles. The van der Waals surface area contributed by atoms with E-state index in [-0.39, 0.29) is 24.0 Å². The van der Waals surface area contributed by atoms with E-state index in [0.29, 0.717) is 0 Å². The number of rotatable bonds is 8. The first-order valence-corrected chi connectivity index (χ1v) is 13.6. The second kappa shape index (κ2) is 10.9. The van der Waals surface area contributed by atoms with Crippen molar-refractivity contribution in [2.75, 3.05) is 0 Å². The van der Waals surface area contributed by atoms with Gasteiger partial charge in [0, 0.05) is 0 Å². The minimum Gasteiger partial charge on any atom is -1.00 e. The van der Waals surface area contributed by atoms with Crippen LogP contribution >= 0.6 is 0 Å². The molecule has 0 radical (unpaired) electrons. The standard InChI is InChI=1S/C24H28As.HI/c1-2-3-4-14-21-25(22-15-8-5-9-16-22,23-17-10-6-11-18-23)24-19-12-7-13-20-24;/h5-13,15-20H,2-4,14,21H2,1H3;1H/q+1;/p-1. The van der Waals surface area contributed by atoms with E-state index in [1.54, 1.807) is 13.1 Å². The molecular weight excluding hydrogens is 490 g/mol. The molecule has 3 rings (SSSR count). The van der Waals surface area contributed by atoms with Gasteiger partial charge in [0.2, 0.25) is 0 Å². The zero-order chi connectivity index (χ0) is 17.4. The molecule has 2 heteroatoms. The number of hydrogen-bond acceptors (Lipinski definition) is 0. The Kier molecular flexibility index (Phi) is 8.94. The van der Waals surface area contributed by atoms with Gasteiger partial charge in [-0.2, -0.15) is 0 Å². The van der Waals surface area contributed by atoms with Crippen LogP contribution in [-0.4, -0.2) is 13.6 Å². The van der Waals surface area contributed by atoms with E-state index in [1.807, 2.05) is 0 Å². The summed E-state index contributed by atoms with van der Waals surface area (Å²) in [7, 11) is 0. The summed E-state index contributed by atoms with van der Waals surface area (Å²) in [5, 5.41) is 1.32. The van der Waals surface area contributed by atoms with Gasteiger partial charge in [-0.05, 0) is 0 Å². The van der Waals surface area contributed by atoms with Gasteiger partial charge in [0.25, 0.3) is 0 Å². The second-order valence-electron chi connectivity index (χ2n) is 6.60. The monoisotopic (exact) mass is 518 g/mol. The zero-order valence-electron chi connectivity index (χ0n) is 15.5. The van der Waals surface area contributed by atoms with Crippen molar-refractivity contribution in [3.8, 4) is 0 Å². The summed E-state index contributed by atoms with van der Waals surface area (Å²) in [6.45, 7) is 2.29. The molecule has 0 unspecified atom stereocenters. The molecule has 0 aliphatic heterocycles. The SMILES string of the molecule is CCCCCC[As+](c1ccccc1)(c1ccccc1)c1ccccc1.[I-]. The van der Waals surface area contributed by atoms with Crippen LogP contribution in [0.25, 0.3) is 0 Å². The van der Waals surface area contributed by atoms with Gasteiger partial charge in [0.15, 0.2) is 0 Å². The molecule has 136 valence electrons. The molecule has 0 aromatic heterocycles. The molecule has 0 aliphatic carbocycles. The fraction of sp³-hybridized carbons (Fsp3) is 0.250. The summed E-state index contributed by atoms with van der Waals surface area (Å²) < 4.78 is 4.69. The van der Waals surface area contributed by atoms with E-state index in [0.717, 1.165) is 0 Å². The van der Waals surface area contributed by atoms with Crippen LogP contribution in [0, 0.1) is 0 Å². The molecule has 0 saturated carbocycles. The molecule has 0 amide bonds. The summed E-state index contributed by atoms with van der Waals surface area (Å²) in [6, 6.07) is 33.9. The van der Waals surface area contributed by atoms with E-state index in [1.165, 1.54) is 30.9 Å². The normalized spacial score (nSPS) is 11.0. The summed E-state index contributed by atoms with van der Waals surface area (Å²) >= 11 is -2.43. The van der Waals surface area contributed by atoms with E-state index in [2.05, 4.69) is 97.9 Å². The van der Waals surface area contributed by atoms with Gasteiger partial charge < -0.3 is 24.0 Å². The Balaban J connectivity index is 0.00000243. The second-order valence-corrected chi connectivity index (χ2v) is 14.2. The van der Waals surface area contributed by atoms with Gasteiger partial charge in [-0.15, -0.1) is 0 Å². The number of halogens is 1. The Hall–Kier alpha value is -1.05. The van der Waals surface area contributed by atoms with Gasteiger partial charge in [-0.3, -0.25) is 0 Å². The molecule has 0 saturated heterocycles. The first-order chi connectivity index (χ1) is 12.4. The van der Waals surface area contributed by atoms with Crippen molar-refractivity contribution in [3.05, 3.63) is 91.0 Å². The molecule has 3 aromatic rings. The van der Waals surface area contributed by atoms with Gasteiger partial charge >= 0.3 is 155 Å². The maximum Gasteiger partial charge on any atom is -1.00 e. The molecular formula is C24H28AsI. The first-order valence-electron chi connectivity index (χ1n) is 9.43. The molecule has 0 N–H and O–H groups in total. The predicted molar refractivity (Wildman–Crippen MR) is 113 cm³/mol. The number of benzene rings is 3. The summed E-state index contributed by atoms with van der Waals surface area (Å²) in [5.74, 6) is 0. The fourth-order valence-electron chi connectivity index (χ4n) is 3.66. The average Bonchev–Trinajstić information content (AvgIpc) is 2.70. The van der Waals surface area contributed by atoms with E-state index < -0.39 is 13.6 Å². The third-order valence-corrected chi connectivity index (χ3v) is 14.4. The van der Waals surface area contributed by atoms with Crippen molar-refractivity contribution in [3.63, 3.8) is 0 Å². The van der Waals surface area contributed by atoms with Gasteiger partial charge in [-0.1, -0.05) is 0 Å². The van der Waals surface area contributed by atoms with Crippen LogP contribution in [0.1, 0.15) is 32.6 Å². The molecule has 26 heavy (non-hydrogen) atoms. The molecule has 0 spiro atoms. The van der Waals surface area contributed by atoms with Crippen LogP contribution in [0.5, 0.6) is 0 Å². The van der Waals surface area contributed by atoms with Gasteiger partial charge in [0.05, 0.1) is 0 Å². The van der Waals surface area contributed by atoms with Crippen molar-refractivity contribution in [1.82, 2.24) is 0 Å². The Morgan fingerprint density at radius 3 is 1.27 bits per heavy atom. The topological polar surface area (TPSA) is 0 Å².